The molecular weight excluding hydrogens is 326 g/mol. The lowest BCUT2D eigenvalue weighted by Crippen LogP contribution is -2.05. The van der Waals surface area contributed by atoms with Crippen molar-refractivity contribution >= 4 is 42.8 Å². The van der Waals surface area contributed by atoms with Gasteiger partial charge in [-0.25, -0.2) is 0 Å². The first-order chi connectivity index (χ1) is 7.11. The summed E-state index contributed by atoms with van der Waals surface area (Å²) in [5, 5.41) is 0.939. The predicted molar refractivity (Wildman–Crippen MR) is 66.5 cm³/mol. The number of rotatable bonds is 1. The summed E-state index contributed by atoms with van der Waals surface area (Å²) in [6.07, 6.45) is 0. The molecule has 1 aromatic carbocycles. The van der Waals surface area contributed by atoms with Crippen LogP contribution in [0.25, 0.3) is 10.9 Å². The summed E-state index contributed by atoms with van der Waals surface area (Å²) in [5.41, 5.74) is 0.607. The molecule has 1 heterocycles. The highest BCUT2D eigenvalue weighted by Crippen LogP contribution is 2.29. The van der Waals surface area contributed by atoms with E-state index in [4.69, 9.17) is 4.74 Å². The van der Waals surface area contributed by atoms with Crippen molar-refractivity contribution in [3.8, 4) is 5.75 Å². The van der Waals surface area contributed by atoms with Gasteiger partial charge in [0.25, 0.3) is 5.56 Å². The highest BCUT2D eigenvalue weighted by atomic mass is 79.9. The van der Waals surface area contributed by atoms with Crippen LogP contribution in [0.15, 0.2) is 31.9 Å². The number of halogens is 2. The molecule has 5 heteroatoms. The molecule has 0 fully saturated rings. The normalized spacial score (nSPS) is 10.6. The molecule has 0 spiro atoms. The van der Waals surface area contributed by atoms with Crippen LogP contribution in [0.2, 0.25) is 0 Å². The number of pyridine rings is 1. The van der Waals surface area contributed by atoms with Gasteiger partial charge in [0, 0.05) is 11.5 Å². The van der Waals surface area contributed by atoms with Gasteiger partial charge >= 0.3 is 0 Å². The summed E-state index contributed by atoms with van der Waals surface area (Å²) < 4.78 is 6.52. The number of ether oxygens (including phenoxy) is 1. The quantitative estimate of drug-likeness (QED) is 0.872. The Labute approximate surface area is 103 Å². The zero-order valence-electron chi connectivity index (χ0n) is 7.80. The maximum Gasteiger partial charge on any atom is 0.262 e. The van der Waals surface area contributed by atoms with E-state index in [0.29, 0.717) is 10.2 Å². The van der Waals surface area contributed by atoms with Crippen LogP contribution in [-0.4, -0.2) is 12.1 Å². The molecule has 0 aliphatic carbocycles. The first kappa shape index (κ1) is 10.7. The van der Waals surface area contributed by atoms with Gasteiger partial charge in [-0.1, -0.05) is 0 Å². The number of aromatic amines is 1. The van der Waals surface area contributed by atoms with E-state index in [2.05, 4.69) is 36.8 Å². The fourth-order valence-electron chi connectivity index (χ4n) is 1.34. The van der Waals surface area contributed by atoms with Gasteiger partial charge in [0.2, 0.25) is 0 Å². The van der Waals surface area contributed by atoms with E-state index < -0.39 is 0 Å². The second kappa shape index (κ2) is 3.98. The van der Waals surface area contributed by atoms with Crippen molar-refractivity contribution in [1.82, 2.24) is 4.98 Å². The van der Waals surface area contributed by atoms with Gasteiger partial charge < -0.3 is 9.72 Å². The minimum Gasteiger partial charge on any atom is -0.495 e. The molecular formula is C10H7Br2NO2. The zero-order chi connectivity index (χ0) is 11.0. The summed E-state index contributed by atoms with van der Waals surface area (Å²) in [6.45, 7) is 0. The van der Waals surface area contributed by atoms with Crippen molar-refractivity contribution in [2.24, 2.45) is 0 Å². The number of hydrogen-bond acceptors (Lipinski definition) is 2. The van der Waals surface area contributed by atoms with Crippen molar-refractivity contribution < 1.29 is 4.74 Å². The van der Waals surface area contributed by atoms with E-state index in [0.717, 1.165) is 15.4 Å². The number of H-pyrrole nitrogens is 1. The molecule has 15 heavy (non-hydrogen) atoms. The lowest BCUT2D eigenvalue weighted by molar-refractivity contribution is 0.412. The highest BCUT2D eigenvalue weighted by molar-refractivity contribution is 9.10. The van der Waals surface area contributed by atoms with Crippen molar-refractivity contribution in [3.63, 3.8) is 0 Å². The van der Waals surface area contributed by atoms with E-state index >= 15 is 0 Å². The number of fused-ring (bicyclic) bond motifs is 1. The highest BCUT2D eigenvalue weighted by Gasteiger charge is 2.05. The number of aromatic nitrogens is 1. The Morgan fingerprint density at radius 1 is 1.20 bits per heavy atom. The van der Waals surface area contributed by atoms with Gasteiger partial charge in [-0.05, 0) is 44.0 Å². The van der Waals surface area contributed by atoms with Crippen LogP contribution in [0, 0.1) is 0 Å². The third kappa shape index (κ3) is 1.94. The van der Waals surface area contributed by atoms with Crippen LogP contribution < -0.4 is 10.3 Å². The second-order valence-electron chi connectivity index (χ2n) is 3.02. The first-order valence-corrected chi connectivity index (χ1v) is 5.76. The molecule has 0 unspecified atom stereocenters. The molecule has 1 aromatic heterocycles. The van der Waals surface area contributed by atoms with Crippen LogP contribution in [0.5, 0.6) is 5.75 Å². The second-order valence-corrected chi connectivity index (χ2v) is 4.73. The van der Waals surface area contributed by atoms with Crippen LogP contribution in [0.3, 0.4) is 0 Å². The van der Waals surface area contributed by atoms with Crippen LogP contribution in [-0.2, 0) is 0 Å². The van der Waals surface area contributed by atoms with Gasteiger partial charge in [-0.3, -0.25) is 4.79 Å². The molecule has 0 bridgehead atoms. The van der Waals surface area contributed by atoms with E-state index in [1.165, 1.54) is 0 Å². The lowest BCUT2D eigenvalue weighted by atomic mass is 10.2. The molecule has 2 aromatic rings. The monoisotopic (exact) mass is 331 g/mol. The van der Waals surface area contributed by atoms with Crippen molar-refractivity contribution in [2.45, 2.75) is 0 Å². The third-order valence-electron chi connectivity index (χ3n) is 2.07. The molecule has 0 aliphatic heterocycles. The van der Waals surface area contributed by atoms with Crippen LogP contribution in [0.4, 0.5) is 0 Å². The molecule has 0 radical (unpaired) electrons. The summed E-state index contributed by atoms with van der Waals surface area (Å²) in [7, 11) is 1.59. The summed E-state index contributed by atoms with van der Waals surface area (Å²) in [5.74, 6) is 0.695. The Bertz CT molecular complexity index is 577. The van der Waals surface area contributed by atoms with Crippen molar-refractivity contribution in [1.29, 1.82) is 0 Å². The molecule has 0 saturated heterocycles. The summed E-state index contributed by atoms with van der Waals surface area (Å²) in [6, 6.07) is 5.46. The Morgan fingerprint density at radius 3 is 2.53 bits per heavy atom. The number of hydrogen-bond donors (Lipinski definition) is 1. The van der Waals surface area contributed by atoms with Gasteiger partial charge in [0.05, 0.1) is 21.6 Å². The third-order valence-corrected chi connectivity index (χ3v) is 3.28. The largest absolute Gasteiger partial charge is 0.495 e. The Hall–Kier alpha value is -0.810. The van der Waals surface area contributed by atoms with E-state index in [-0.39, 0.29) is 5.56 Å². The van der Waals surface area contributed by atoms with Gasteiger partial charge in [0.15, 0.2) is 0 Å². The first-order valence-electron chi connectivity index (χ1n) is 4.18. The fourth-order valence-corrected chi connectivity index (χ4v) is 2.21. The summed E-state index contributed by atoms with van der Waals surface area (Å²) >= 11 is 6.57. The number of methoxy groups -OCH3 is 1. The van der Waals surface area contributed by atoms with E-state index in [9.17, 15) is 4.79 Å². The Balaban J connectivity index is 2.82. The van der Waals surface area contributed by atoms with Gasteiger partial charge in [-0.15, -0.1) is 0 Å². The zero-order valence-corrected chi connectivity index (χ0v) is 11.0. The Morgan fingerprint density at radius 2 is 1.87 bits per heavy atom. The van der Waals surface area contributed by atoms with E-state index in [1.54, 1.807) is 19.2 Å². The average Bonchev–Trinajstić information content (AvgIpc) is 2.20. The molecule has 2 rings (SSSR count). The van der Waals surface area contributed by atoms with Crippen molar-refractivity contribution in [3.05, 3.63) is 37.5 Å². The molecule has 0 aliphatic rings. The Kier molecular flexibility index (Phi) is 2.84. The maximum atomic E-state index is 11.4. The smallest absolute Gasteiger partial charge is 0.262 e. The summed E-state index contributed by atoms with van der Waals surface area (Å²) in [4.78, 5) is 14.1. The maximum absolute atomic E-state index is 11.4. The SMILES string of the molecule is COc1cc2[nH]c(=O)c(Br)cc2cc1Br. The predicted octanol–water partition coefficient (Wildman–Crippen LogP) is 3.06. The van der Waals surface area contributed by atoms with Gasteiger partial charge in [-0.2, -0.15) is 0 Å². The molecule has 1 N–H and O–H groups in total. The molecule has 78 valence electrons. The molecule has 0 saturated carbocycles. The lowest BCUT2D eigenvalue weighted by Gasteiger charge is -2.05. The topological polar surface area (TPSA) is 42.1 Å². The van der Waals surface area contributed by atoms with E-state index in [1.807, 2.05) is 6.07 Å². The molecule has 0 atom stereocenters. The van der Waals surface area contributed by atoms with Crippen molar-refractivity contribution in [2.75, 3.05) is 7.11 Å². The van der Waals surface area contributed by atoms with Crippen LogP contribution in [0.1, 0.15) is 0 Å². The number of nitrogens with one attached hydrogen (secondary N) is 1. The minimum atomic E-state index is -0.146. The molecule has 3 nitrogen and oxygen atoms in total. The fraction of sp³-hybridized carbons (Fsp3) is 0.100. The molecule has 0 amide bonds. The van der Waals surface area contributed by atoms with Crippen LogP contribution >= 0.6 is 31.9 Å². The van der Waals surface area contributed by atoms with Gasteiger partial charge in [0.1, 0.15) is 5.75 Å². The number of benzene rings is 1. The average molecular weight is 333 g/mol. The standard InChI is InChI=1S/C10H7Br2NO2/c1-15-9-4-8-5(2-6(9)11)3-7(12)10(14)13-8/h2-4H,1H3,(H,13,14). The minimum absolute atomic E-state index is 0.146.